The van der Waals surface area contributed by atoms with Crippen molar-refractivity contribution in [1.29, 1.82) is 0 Å². The normalized spacial score (nSPS) is 17.3. The molecule has 3 rings (SSSR count). The van der Waals surface area contributed by atoms with Crippen LogP contribution in [-0.2, 0) is 4.74 Å². The molecule has 1 aliphatic rings. The summed E-state index contributed by atoms with van der Waals surface area (Å²) in [5, 5.41) is 19.1. The number of aromatic hydroxyl groups is 2. The van der Waals surface area contributed by atoms with Gasteiger partial charge < -0.3 is 14.9 Å². The van der Waals surface area contributed by atoms with Gasteiger partial charge in [0.25, 0.3) is 0 Å². The molecule has 18 heavy (non-hydrogen) atoms. The Labute approximate surface area is 103 Å². The number of carbonyl (C=O) groups excluding carboxylic acids is 1. The minimum atomic E-state index is -0.616. The van der Waals surface area contributed by atoms with E-state index >= 15 is 0 Å². The van der Waals surface area contributed by atoms with Crippen LogP contribution < -0.4 is 0 Å². The smallest absolute Gasteiger partial charge is 0.339 e. The van der Waals surface area contributed by atoms with Crippen molar-refractivity contribution in [1.82, 2.24) is 0 Å². The number of fused-ring (bicyclic) bond motifs is 1. The van der Waals surface area contributed by atoms with Gasteiger partial charge in [-0.15, -0.1) is 0 Å². The van der Waals surface area contributed by atoms with Crippen LogP contribution in [0.25, 0.3) is 0 Å². The van der Waals surface area contributed by atoms with Gasteiger partial charge in [-0.2, -0.15) is 0 Å². The number of ether oxygens (including phenoxy) is 1. The maximum Gasteiger partial charge on any atom is 0.339 e. The molecule has 90 valence electrons. The summed E-state index contributed by atoms with van der Waals surface area (Å²) in [7, 11) is 0. The highest BCUT2D eigenvalue weighted by Gasteiger charge is 2.33. The molecule has 0 saturated carbocycles. The Kier molecular flexibility index (Phi) is 2.23. The van der Waals surface area contributed by atoms with Crippen LogP contribution in [0.4, 0.5) is 0 Å². The van der Waals surface area contributed by atoms with Crippen LogP contribution in [0.1, 0.15) is 27.6 Å². The number of benzene rings is 2. The summed E-state index contributed by atoms with van der Waals surface area (Å²) in [6.45, 7) is 0. The first kappa shape index (κ1) is 10.7. The Morgan fingerprint density at radius 1 is 1.00 bits per heavy atom. The van der Waals surface area contributed by atoms with E-state index in [4.69, 9.17) is 4.74 Å². The molecular formula is C14H10O4. The van der Waals surface area contributed by atoms with Gasteiger partial charge in [0.05, 0.1) is 5.56 Å². The first-order valence-electron chi connectivity index (χ1n) is 5.48. The third kappa shape index (κ3) is 1.50. The Balaban J connectivity index is 2.12. The van der Waals surface area contributed by atoms with Crippen molar-refractivity contribution in [3.8, 4) is 11.5 Å². The van der Waals surface area contributed by atoms with E-state index in [1.807, 2.05) is 6.07 Å². The van der Waals surface area contributed by atoms with E-state index in [9.17, 15) is 15.0 Å². The summed E-state index contributed by atoms with van der Waals surface area (Å²) in [5.74, 6) is -0.526. The number of carbonyl (C=O) groups is 1. The minimum Gasteiger partial charge on any atom is -0.508 e. The van der Waals surface area contributed by atoms with Crippen molar-refractivity contribution in [3.05, 3.63) is 59.2 Å². The van der Waals surface area contributed by atoms with E-state index in [0.717, 1.165) is 5.56 Å². The van der Waals surface area contributed by atoms with E-state index in [0.29, 0.717) is 11.1 Å². The van der Waals surface area contributed by atoms with Gasteiger partial charge in [-0.05, 0) is 18.2 Å². The van der Waals surface area contributed by atoms with Gasteiger partial charge in [0.2, 0.25) is 0 Å². The number of esters is 1. The molecular weight excluding hydrogens is 232 g/mol. The number of cyclic esters (lactones) is 1. The van der Waals surface area contributed by atoms with Crippen molar-refractivity contribution in [2.75, 3.05) is 0 Å². The minimum absolute atomic E-state index is 0.0335. The maximum absolute atomic E-state index is 11.7. The molecule has 0 fully saturated rings. The monoisotopic (exact) mass is 242 g/mol. The first-order valence-corrected chi connectivity index (χ1v) is 5.48. The molecule has 4 heteroatoms. The number of phenolic OH excluding ortho intramolecular Hbond substituents is 2. The highest BCUT2D eigenvalue weighted by molar-refractivity contribution is 5.94. The SMILES string of the molecule is O=C1O[C@H](c2ccc(O)cc2O)c2ccccc21. The zero-order valence-electron chi connectivity index (χ0n) is 9.33. The molecule has 0 saturated heterocycles. The largest absolute Gasteiger partial charge is 0.508 e. The fraction of sp³-hybridized carbons (Fsp3) is 0.0714. The summed E-state index contributed by atoms with van der Waals surface area (Å²) < 4.78 is 5.26. The number of rotatable bonds is 1. The third-order valence-electron chi connectivity index (χ3n) is 2.98. The van der Waals surface area contributed by atoms with E-state index in [-0.39, 0.29) is 11.5 Å². The second-order valence-corrected chi connectivity index (χ2v) is 4.12. The highest BCUT2D eigenvalue weighted by atomic mass is 16.5. The summed E-state index contributed by atoms with van der Waals surface area (Å²) in [5.41, 5.74) is 1.70. The van der Waals surface area contributed by atoms with Gasteiger partial charge in [0, 0.05) is 17.2 Å². The molecule has 2 aromatic rings. The zero-order valence-corrected chi connectivity index (χ0v) is 9.33. The van der Waals surface area contributed by atoms with Gasteiger partial charge in [-0.3, -0.25) is 0 Å². The molecule has 0 aromatic heterocycles. The quantitative estimate of drug-likeness (QED) is 0.753. The average Bonchev–Trinajstić information content (AvgIpc) is 2.68. The van der Waals surface area contributed by atoms with Gasteiger partial charge >= 0.3 is 5.97 Å². The summed E-state index contributed by atoms with van der Waals surface area (Å²) in [4.78, 5) is 11.7. The molecule has 1 atom stereocenters. The second kappa shape index (κ2) is 3.77. The molecule has 1 heterocycles. The molecule has 1 aliphatic heterocycles. The highest BCUT2D eigenvalue weighted by Crippen LogP contribution is 2.40. The molecule has 4 nitrogen and oxygen atoms in total. The van der Waals surface area contributed by atoms with Crippen LogP contribution in [0.5, 0.6) is 11.5 Å². The fourth-order valence-electron chi connectivity index (χ4n) is 2.13. The van der Waals surface area contributed by atoms with Gasteiger partial charge in [0.15, 0.2) is 6.10 Å². The third-order valence-corrected chi connectivity index (χ3v) is 2.98. The maximum atomic E-state index is 11.7. The van der Waals surface area contributed by atoms with Crippen LogP contribution in [0.3, 0.4) is 0 Å². The van der Waals surface area contributed by atoms with Crippen molar-refractivity contribution >= 4 is 5.97 Å². The second-order valence-electron chi connectivity index (χ2n) is 4.12. The standard InChI is InChI=1S/C14H10O4/c15-8-5-6-11(12(16)7-8)13-9-3-1-2-4-10(9)14(17)18-13/h1-7,13,15-16H/t13-/m0/s1. The van der Waals surface area contributed by atoms with Gasteiger partial charge in [-0.1, -0.05) is 18.2 Å². The lowest BCUT2D eigenvalue weighted by Crippen LogP contribution is -2.00. The molecule has 0 spiro atoms. The van der Waals surface area contributed by atoms with Crippen LogP contribution in [0.2, 0.25) is 0 Å². The van der Waals surface area contributed by atoms with Crippen LogP contribution >= 0.6 is 0 Å². The number of hydrogen-bond acceptors (Lipinski definition) is 4. The van der Waals surface area contributed by atoms with E-state index < -0.39 is 12.1 Å². The number of phenols is 2. The lowest BCUT2D eigenvalue weighted by molar-refractivity contribution is 0.0453. The Morgan fingerprint density at radius 2 is 1.78 bits per heavy atom. The number of hydrogen-bond donors (Lipinski definition) is 2. The molecule has 0 radical (unpaired) electrons. The Morgan fingerprint density at radius 3 is 2.56 bits per heavy atom. The van der Waals surface area contributed by atoms with E-state index in [1.165, 1.54) is 12.1 Å². The topological polar surface area (TPSA) is 66.8 Å². The predicted molar refractivity (Wildman–Crippen MR) is 63.5 cm³/mol. The molecule has 0 amide bonds. The summed E-state index contributed by atoms with van der Waals surface area (Å²) in [6.07, 6.45) is -0.616. The average molecular weight is 242 g/mol. The predicted octanol–water partition coefficient (Wildman–Crippen LogP) is 2.36. The fourth-order valence-corrected chi connectivity index (χ4v) is 2.13. The van der Waals surface area contributed by atoms with Crippen LogP contribution in [0.15, 0.2) is 42.5 Å². The van der Waals surface area contributed by atoms with Crippen LogP contribution in [-0.4, -0.2) is 16.2 Å². The lowest BCUT2D eigenvalue weighted by Gasteiger charge is -2.12. The molecule has 2 aromatic carbocycles. The zero-order chi connectivity index (χ0) is 12.7. The van der Waals surface area contributed by atoms with Gasteiger partial charge in [-0.25, -0.2) is 4.79 Å². The van der Waals surface area contributed by atoms with Crippen molar-refractivity contribution in [3.63, 3.8) is 0 Å². The summed E-state index contributed by atoms with van der Waals surface area (Å²) in [6, 6.07) is 11.3. The first-order chi connectivity index (χ1) is 8.66. The Bertz CT molecular complexity index is 633. The van der Waals surface area contributed by atoms with Gasteiger partial charge in [0.1, 0.15) is 11.5 Å². The molecule has 0 unspecified atom stereocenters. The van der Waals surface area contributed by atoms with Crippen molar-refractivity contribution in [2.45, 2.75) is 6.10 Å². The Hall–Kier alpha value is -2.49. The lowest BCUT2D eigenvalue weighted by atomic mass is 9.98. The van der Waals surface area contributed by atoms with Crippen molar-refractivity contribution in [2.24, 2.45) is 0 Å². The molecule has 0 bridgehead atoms. The van der Waals surface area contributed by atoms with E-state index in [1.54, 1.807) is 24.3 Å². The van der Waals surface area contributed by atoms with Crippen molar-refractivity contribution < 1.29 is 19.7 Å². The van der Waals surface area contributed by atoms with Crippen LogP contribution in [0, 0.1) is 0 Å². The summed E-state index contributed by atoms with van der Waals surface area (Å²) >= 11 is 0. The molecule has 2 N–H and O–H groups in total. The molecule has 0 aliphatic carbocycles. The van der Waals surface area contributed by atoms with E-state index in [2.05, 4.69) is 0 Å².